The monoisotopic (exact) mass is 317 g/mol. The maximum atomic E-state index is 11.4. The number of hydrogen-bond acceptors (Lipinski definition) is 4. The Kier molecular flexibility index (Phi) is 5.73. The summed E-state index contributed by atoms with van der Waals surface area (Å²) in [5.41, 5.74) is 1.87. The second kappa shape index (κ2) is 7.76. The van der Waals surface area contributed by atoms with Gasteiger partial charge in [0.1, 0.15) is 12.4 Å². The molecule has 0 fully saturated rings. The van der Waals surface area contributed by atoms with E-state index < -0.39 is 5.97 Å². The van der Waals surface area contributed by atoms with Gasteiger partial charge in [-0.25, -0.2) is 9.48 Å². The summed E-state index contributed by atoms with van der Waals surface area (Å²) in [7, 11) is 0. The van der Waals surface area contributed by atoms with Crippen LogP contribution in [-0.4, -0.2) is 32.7 Å². The lowest BCUT2D eigenvalue weighted by atomic mass is 9.97. The molecule has 2 aromatic rings. The maximum Gasteiger partial charge on any atom is 0.358 e. The normalized spacial score (nSPS) is 11.0. The quantitative estimate of drug-likeness (QED) is 0.808. The number of carboxylic acid groups (broad SMARTS) is 1. The minimum absolute atomic E-state index is 0.0502. The summed E-state index contributed by atoms with van der Waals surface area (Å²) >= 11 is 0. The molecule has 0 saturated heterocycles. The Labute approximate surface area is 136 Å². The number of carbonyl (C=O) groups is 1. The Hall–Kier alpha value is -2.37. The molecule has 1 aromatic heterocycles. The molecule has 1 heterocycles. The van der Waals surface area contributed by atoms with Crippen LogP contribution in [0.15, 0.2) is 24.3 Å². The van der Waals surface area contributed by atoms with Crippen molar-refractivity contribution in [3.8, 4) is 5.75 Å². The van der Waals surface area contributed by atoms with Crippen LogP contribution in [-0.2, 0) is 6.54 Å². The summed E-state index contributed by atoms with van der Waals surface area (Å²) in [6.45, 7) is 6.98. The van der Waals surface area contributed by atoms with E-state index in [1.807, 2.05) is 45.0 Å². The molecular formula is C17H23N3O3. The number of rotatable bonds is 8. The maximum absolute atomic E-state index is 11.4. The van der Waals surface area contributed by atoms with E-state index in [1.165, 1.54) is 0 Å². The van der Waals surface area contributed by atoms with Crippen molar-refractivity contribution in [3.05, 3.63) is 41.2 Å². The second-order valence-electron chi connectivity index (χ2n) is 5.53. The van der Waals surface area contributed by atoms with Crippen LogP contribution < -0.4 is 4.74 Å². The largest absolute Gasteiger partial charge is 0.492 e. The van der Waals surface area contributed by atoms with Gasteiger partial charge in [0.25, 0.3) is 0 Å². The number of hydrogen-bond donors (Lipinski definition) is 1. The first-order valence-corrected chi connectivity index (χ1v) is 7.92. The van der Waals surface area contributed by atoms with Gasteiger partial charge in [-0.2, -0.15) is 0 Å². The Morgan fingerprint density at radius 2 is 2.09 bits per heavy atom. The van der Waals surface area contributed by atoms with Gasteiger partial charge in [-0.15, -0.1) is 5.10 Å². The number of ether oxygens (including phenoxy) is 1. The molecule has 0 atom stereocenters. The molecule has 0 radical (unpaired) electrons. The predicted octanol–water partition coefficient (Wildman–Crippen LogP) is 3.27. The molecular weight excluding hydrogens is 294 g/mol. The molecule has 1 aromatic carbocycles. The van der Waals surface area contributed by atoms with Crippen molar-refractivity contribution < 1.29 is 14.6 Å². The van der Waals surface area contributed by atoms with E-state index in [4.69, 9.17) is 4.74 Å². The molecule has 23 heavy (non-hydrogen) atoms. The zero-order valence-corrected chi connectivity index (χ0v) is 13.8. The molecule has 0 amide bonds. The van der Waals surface area contributed by atoms with E-state index in [9.17, 15) is 9.90 Å². The minimum atomic E-state index is -1.03. The lowest BCUT2D eigenvalue weighted by Gasteiger charge is -2.15. The van der Waals surface area contributed by atoms with Crippen LogP contribution in [0.2, 0.25) is 0 Å². The fraction of sp³-hybridized carbons (Fsp3) is 0.471. The van der Waals surface area contributed by atoms with Gasteiger partial charge in [0.15, 0.2) is 5.69 Å². The first-order chi connectivity index (χ1) is 11.1. The number of aromatic carboxylic acids is 1. The Morgan fingerprint density at radius 1 is 1.35 bits per heavy atom. The zero-order valence-electron chi connectivity index (χ0n) is 13.8. The first kappa shape index (κ1) is 17.0. The zero-order chi connectivity index (χ0) is 16.8. The summed E-state index contributed by atoms with van der Waals surface area (Å²) in [4.78, 5) is 11.4. The van der Waals surface area contributed by atoms with E-state index in [-0.39, 0.29) is 11.6 Å². The SMILES string of the molecule is CCC(CC)c1c(C(=O)O)nnn1CCOc1cccc(C)c1. The highest BCUT2D eigenvalue weighted by Gasteiger charge is 2.24. The number of aryl methyl sites for hydroxylation is 1. The first-order valence-electron chi connectivity index (χ1n) is 7.92. The van der Waals surface area contributed by atoms with Gasteiger partial charge < -0.3 is 9.84 Å². The van der Waals surface area contributed by atoms with Gasteiger partial charge in [0.2, 0.25) is 0 Å². The van der Waals surface area contributed by atoms with Crippen molar-refractivity contribution >= 4 is 5.97 Å². The van der Waals surface area contributed by atoms with E-state index in [0.717, 1.165) is 24.2 Å². The van der Waals surface area contributed by atoms with Crippen molar-refractivity contribution in [2.24, 2.45) is 0 Å². The fourth-order valence-corrected chi connectivity index (χ4v) is 2.67. The van der Waals surface area contributed by atoms with Crippen molar-refractivity contribution in [2.45, 2.75) is 46.1 Å². The van der Waals surface area contributed by atoms with Crippen LogP contribution in [0.3, 0.4) is 0 Å². The molecule has 0 spiro atoms. The van der Waals surface area contributed by atoms with Crippen molar-refractivity contribution in [3.63, 3.8) is 0 Å². The average Bonchev–Trinajstić information content (AvgIpc) is 2.93. The Bertz CT molecular complexity index is 663. The molecule has 0 aliphatic rings. The predicted molar refractivity (Wildman–Crippen MR) is 87.0 cm³/mol. The van der Waals surface area contributed by atoms with E-state index >= 15 is 0 Å². The molecule has 1 N–H and O–H groups in total. The molecule has 0 aliphatic carbocycles. The van der Waals surface area contributed by atoms with Crippen molar-refractivity contribution in [1.82, 2.24) is 15.0 Å². The third kappa shape index (κ3) is 4.09. The highest BCUT2D eigenvalue weighted by atomic mass is 16.5. The van der Waals surface area contributed by atoms with Crippen LogP contribution in [0, 0.1) is 6.92 Å². The van der Waals surface area contributed by atoms with Crippen LogP contribution in [0.1, 0.15) is 54.4 Å². The highest BCUT2D eigenvalue weighted by molar-refractivity contribution is 5.86. The Morgan fingerprint density at radius 3 is 2.70 bits per heavy atom. The average molecular weight is 317 g/mol. The summed E-state index contributed by atoms with van der Waals surface area (Å²) in [6, 6.07) is 7.82. The van der Waals surface area contributed by atoms with Crippen LogP contribution >= 0.6 is 0 Å². The molecule has 0 bridgehead atoms. The van der Waals surface area contributed by atoms with Crippen LogP contribution in [0.5, 0.6) is 5.75 Å². The molecule has 124 valence electrons. The van der Waals surface area contributed by atoms with Gasteiger partial charge in [0, 0.05) is 5.92 Å². The summed E-state index contributed by atoms with van der Waals surface area (Å²) in [5, 5.41) is 17.1. The van der Waals surface area contributed by atoms with Gasteiger partial charge >= 0.3 is 5.97 Å². The van der Waals surface area contributed by atoms with Gasteiger partial charge in [-0.05, 0) is 37.5 Å². The van der Waals surface area contributed by atoms with Gasteiger partial charge in [-0.3, -0.25) is 0 Å². The third-order valence-electron chi connectivity index (χ3n) is 3.91. The summed E-state index contributed by atoms with van der Waals surface area (Å²) in [5.74, 6) is -0.0968. The number of nitrogens with zero attached hydrogens (tertiary/aromatic N) is 3. The van der Waals surface area contributed by atoms with Crippen molar-refractivity contribution in [1.29, 1.82) is 0 Å². The molecule has 6 heteroatoms. The van der Waals surface area contributed by atoms with Gasteiger partial charge in [-0.1, -0.05) is 31.2 Å². The molecule has 0 aliphatic heterocycles. The topological polar surface area (TPSA) is 77.2 Å². The lowest BCUT2D eigenvalue weighted by molar-refractivity contribution is 0.0688. The van der Waals surface area contributed by atoms with Crippen molar-refractivity contribution in [2.75, 3.05) is 6.61 Å². The highest BCUT2D eigenvalue weighted by Crippen LogP contribution is 2.25. The minimum Gasteiger partial charge on any atom is -0.492 e. The fourth-order valence-electron chi connectivity index (χ4n) is 2.67. The van der Waals surface area contributed by atoms with Crippen LogP contribution in [0.25, 0.3) is 0 Å². The Balaban J connectivity index is 2.11. The number of aromatic nitrogens is 3. The second-order valence-corrected chi connectivity index (χ2v) is 5.53. The number of benzene rings is 1. The van der Waals surface area contributed by atoms with Crippen LogP contribution in [0.4, 0.5) is 0 Å². The van der Waals surface area contributed by atoms with E-state index in [1.54, 1.807) is 4.68 Å². The summed E-state index contributed by atoms with van der Waals surface area (Å²) in [6.07, 6.45) is 1.70. The third-order valence-corrected chi connectivity index (χ3v) is 3.91. The van der Waals surface area contributed by atoms with E-state index in [2.05, 4.69) is 10.3 Å². The molecule has 2 rings (SSSR count). The smallest absolute Gasteiger partial charge is 0.358 e. The molecule has 0 saturated carbocycles. The standard InChI is InChI=1S/C17H23N3O3/c1-4-13(5-2)16-15(17(21)22)18-19-20(16)9-10-23-14-8-6-7-12(3)11-14/h6-8,11,13H,4-5,9-10H2,1-3H3,(H,21,22). The molecule has 0 unspecified atom stereocenters. The molecule has 6 nitrogen and oxygen atoms in total. The number of carboxylic acids is 1. The summed E-state index contributed by atoms with van der Waals surface area (Å²) < 4.78 is 7.39. The van der Waals surface area contributed by atoms with Gasteiger partial charge in [0.05, 0.1) is 12.2 Å². The van der Waals surface area contributed by atoms with E-state index in [0.29, 0.717) is 18.8 Å². The lowest BCUT2D eigenvalue weighted by Crippen LogP contribution is -2.16.